The smallest absolute Gasteiger partial charge is 0.238 e. The Labute approximate surface area is 193 Å². The minimum absolute atomic E-state index is 0.209. The van der Waals surface area contributed by atoms with Crippen LogP contribution < -0.4 is 10.6 Å². The van der Waals surface area contributed by atoms with Crippen molar-refractivity contribution in [3.05, 3.63) is 71.1 Å². The quantitative estimate of drug-likeness (QED) is 0.578. The summed E-state index contributed by atoms with van der Waals surface area (Å²) in [5.41, 5.74) is 4.83. The SMILES string of the molecule is Cc1cc(Nc2nc(C)cc(C)n2)cc(C2CCCN(CC(=O)Nc3ccccc3F)C2)n1. The van der Waals surface area contributed by atoms with Gasteiger partial charge < -0.3 is 10.6 Å². The highest BCUT2D eigenvalue weighted by molar-refractivity contribution is 5.92. The third-order valence-corrected chi connectivity index (χ3v) is 5.65. The predicted molar refractivity (Wildman–Crippen MR) is 127 cm³/mol. The number of nitrogens with one attached hydrogen (secondary N) is 2. The molecule has 1 saturated heterocycles. The second kappa shape index (κ2) is 10.0. The van der Waals surface area contributed by atoms with Crippen molar-refractivity contribution in [2.45, 2.75) is 39.5 Å². The highest BCUT2D eigenvalue weighted by Crippen LogP contribution is 2.28. The number of hydrogen-bond acceptors (Lipinski definition) is 6. The lowest BCUT2D eigenvalue weighted by Crippen LogP contribution is -2.40. The van der Waals surface area contributed by atoms with E-state index < -0.39 is 5.82 Å². The van der Waals surface area contributed by atoms with Crippen molar-refractivity contribution in [2.24, 2.45) is 0 Å². The van der Waals surface area contributed by atoms with Gasteiger partial charge in [-0.25, -0.2) is 14.4 Å². The molecule has 1 aliphatic rings. The number of carbonyl (C=O) groups excluding carboxylic acids is 1. The molecule has 1 aliphatic heterocycles. The summed E-state index contributed by atoms with van der Waals surface area (Å²) < 4.78 is 13.8. The van der Waals surface area contributed by atoms with Crippen LogP contribution in [0.15, 0.2) is 42.5 Å². The zero-order chi connectivity index (χ0) is 23.4. The number of carbonyl (C=O) groups is 1. The van der Waals surface area contributed by atoms with Gasteiger partial charge in [0.05, 0.1) is 12.2 Å². The molecule has 0 aliphatic carbocycles. The standard InChI is InChI=1S/C25H29FN6O/c1-16-11-17(2)29-25(28-16)30-20-12-18(3)27-23(13-20)19-7-6-10-32(14-19)15-24(33)31-22-9-5-4-8-21(22)26/h4-5,8-9,11-13,19H,6-7,10,14-15H2,1-3H3,(H,31,33)(H,27,28,29,30). The fourth-order valence-electron chi connectivity index (χ4n) is 4.28. The van der Waals surface area contributed by atoms with E-state index in [0.29, 0.717) is 5.95 Å². The van der Waals surface area contributed by atoms with Crippen LogP contribution in [0.3, 0.4) is 0 Å². The first-order valence-corrected chi connectivity index (χ1v) is 11.2. The number of hydrogen-bond donors (Lipinski definition) is 2. The molecule has 33 heavy (non-hydrogen) atoms. The molecule has 3 heterocycles. The number of aromatic nitrogens is 3. The van der Waals surface area contributed by atoms with Crippen LogP contribution in [0, 0.1) is 26.6 Å². The van der Waals surface area contributed by atoms with E-state index in [-0.39, 0.29) is 24.1 Å². The number of pyridine rings is 1. The van der Waals surface area contributed by atoms with Crippen LogP contribution in [0.5, 0.6) is 0 Å². The Morgan fingerprint density at radius 2 is 1.79 bits per heavy atom. The van der Waals surface area contributed by atoms with Gasteiger partial charge in [0.15, 0.2) is 0 Å². The fourth-order valence-corrected chi connectivity index (χ4v) is 4.28. The third-order valence-electron chi connectivity index (χ3n) is 5.65. The number of likely N-dealkylation sites (tertiary alicyclic amines) is 1. The molecule has 1 atom stereocenters. The number of piperidine rings is 1. The first-order chi connectivity index (χ1) is 15.9. The maximum Gasteiger partial charge on any atom is 0.238 e. The fraction of sp³-hybridized carbons (Fsp3) is 0.360. The van der Waals surface area contributed by atoms with Gasteiger partial charge in [0.2, 0.25) is 11.9 Å². The Hall–Kier alpha value is -3.39. The molecule has 172 valence electrons. The van der Waals surface area contributed by atoms with Crippen LogP contribution in [0.1, 0.15) is 41.5 Å². The first-order valence-electron chi connectivity index (χ1n) is 11.2. The maximum atomic E-state index is 13.8. The van der Waals surface area contributed by atoms with Crippen LogP contribution in [0.25, 0.3) is 0 Å². The molecule has 0 spiro atoms. The molecule has 1 aromatic carbocycles. The number of amides is 1. The van der Waals surface area contributed by atoms with Crippen LogP contribution in [0.2, 0.25) is 0 Å². The molecule has 2 N–H and O–H groups in total. The lowest BCUT2D eigenvalue weighted by molar-refractivity contribution is -0.117. The van der Waals surface area contributed by atoms with Gasteiger partial charge in [-0.2, -0.15) is 0 Å². The lowest BCUT2D eigenvalue weighted by atomic mass is 9.93. The highest BCUT2D eigenvalue weighted by Gasteiger charge is 2.24. The van der Waals surface area contributed by atoms with Crippen molar-refractivity contribution in [3.63, 3.8) is 0 Å². The van der Waals surface area contributed by atoms with Crippen LogP contribution in [-0.4, -0.2) is 45.4 Å². The molecule has 2 aromatic heterocycles. The molecule has 1 fully saturated rings. The summed E-state index contributed by atoms with van der Waals surface area (Å²) in [6.45, 7) is 7.64. The summed E-state index contributed by atoms with van der Waals surface area (Å²) in [5, 5.41) is 5.98. The number of nitrogens with zero attached hydrogens (tertiary/aromatic N) is 4. The molecule has 4 rings (SSSR count). The lowest BCUT2D eigenvalue weighted by Gasteiger charge is -2.32. The van der Waals surface area contributed by atoms with Gasteiger partial charge in [0.25, 0.3) is 0 Å². The Morgan fingerprint density at radius 3 is 2.55 bits per heavy atom. The monoisotopic (exact) mass is 448 g/mol. The topological polar surface area (TPSA) is 83.0 Å². The van der Waals surface area contributed by atoms with Crippen molar-refractivity contribution in [1.82, 2.24) is 19.9 Å². The van der Waals surface area contributed by atoms with E-state index in [1.165, 1.54) is 6.07 Å². The molecule has 0 radical (unpaired) electrons. The Morgan fingerprint density at radius 1 is 1.06 bits per heavy atom. The highest BCUT2D eigenvalue weighted by atomic mass is 19.1. The number of aryl methyl sites for hydroxylation is 3. The molecule has 7 nitrogen and oxygen atoms in total. The van der Waals surface area contributed by atoms with Crippen molar-refractivity contribution >= 4 is 23.2 Å². The summed E-state index contributed by atoms with van der Waals surface area (Å²) in [4.78, 5) is 28.3. The van der Waals surface area contributed by atoms with Crippen LogP contribution in [-0.2, 0) is 4.79 Å². The average molecular weight is 449 g/mol. The van der Waals surface area contributed by atoms with Gasteiger partial charge in [-0.05, 0) is 70.5 Å². The van der Waals surface area contributed by atoms with Crippen molar-refractivity contribution in [2.75, 3.05) is 30.3 Å². The number of para-hydroxylation sites is 1. The second-order valence-electron chi connectivity index (χ2n) is 8.62. The minimum atomic E-state index is -0.431. The summed E-state index contributed by atoms with van der Waals surface area (Å²) in [5.74, 6) is 0.131. The summed E-state index contributed by atoms with van der Waals surface area (Å²) in [6.07, 6.45) is 1.97. The normalized spacial score (nSPS) is 16.4. The van der Waals surface area contributed by atoms with Crippen molar-refractivity contribution in [1.29, 1.82) is 0 Å². The van der Waals surface area contributed by atoms with Gasteiger partial charge in [0, 0.05) is 40.9 Å². The van der Waals surface area contributed by atoms with E-state index in [2.05, 4.69) is 25.5 Å². The summed E-state index contributed by atoms with van der Waals surface area (Å²) >= 11 is 0. The Bertz CT molecular complexity index is 1130. The molecule has 8 heteroatoms. The Balaban J connectivity index is 1.43. The molecule has 0 bridgehead atoms. The maximum absolute atomic E-state index is 13.8. The molecule has 1 unspecified atom stereocenters. The van der Waals surface area contributed by atoms with Crippen molar-refractivity contribution in [3.8, 4) is 0 Å². The molecule has 3 aromatic rings. The van der Waals surface area contributed by atoms with E-state index in [0.717, 1.165) is 54.4 Å². The van der Waals surface area contributed by atoms with Gasteiger partial charge in [0.1, 0.15) is 5.82 Å². The number of anilines is 3. The van der Waals surface area contributed by atoms with E-state index >= 15 is 0 Å². The summed E-state index contributed by atoms with van der Waals surface area (Å²) in [6, 6.07) is 12.2. The van der Waals surface area contributed by atoms with E-state index in [4.69, 9.17) is 4.98 Å². The number of rotatable bonds is 6. The average Bonchev–Trinajstić information content (AvgIpc) is 2.74. The molecule has 1 amide bonds. The van der Waals surface area contributed by atoms with Crippen LogP contribution in [0.4, 0.5) is 21.7 Å². The van der Waals surface area contributed by atoms with Gasteiger partial charge in [-0.15, -0.1) is 0 Å². The van der Waals surface area contributed by atoms with Gasteiger partial charge in [-0.3, -0.25) is 14.7 Å². The second-order valence-corrected chi connectivity index (χ2v) is 8.62. The van der Waals surface area contributed by atoms with E-state index in [9.17, 15) is 9.18 Å². The van der Waals surface area contributed by atoms with Crippen LogP contribution >= 0.6 is 0 Å². The predicted octanol–water partition coefficient (Wildman–Crippen LogP) is 4.50. The van der Waals surface area contributed by atoms with E-state index in [1.807, 2.05) is 39.0 Å². The molecular weight excluding hydrogens is 419 g/mol. The number of benzene rings is 1. The van der Waals surface area contributed by atoms with Crippen molar-refractivity contribution < 1.29 is 9.18 Å². The van der Waals surface area contributed by atoms with Gasteiger partial charge in [-0.1, -0.05) is 12.1 Å². The summed E-state index contributed by atoms with van der Waals surface area (Å²) in [7, 11) is 0. The zero-order valence-electron chi connectivity index (χ0n) is 19.2. The molecular formula is C25H29FN6O. The first kappa shape index (κ1) is 22.8. The largest absolute Gasteiger partial charge is 0.324 e. The minimum Gasteiger partial charge on any atom is -0.324 e. The Kier molecular flexibility index (Phi) is 6.93. The third kappa shape index (κ3) is 6.10. The zero-order valence-corrected chi connectivity index (χ0v) is 19.2. The van der Waals surface area contributed by atoms with Gasteiger partial charge >= 0.3 is 0 Å². The number of halogens is 1. The molecule has 0 saturated carbocycles. The van der Waals surface area contributed by atoms with E-state index in [1.54, 1.807) is 18.2 Å².